The largest absolute Gasteiger partial charge is 0.497 e. The number of benzene rings is 2. The summed E-state index contributed by atoms with van der Waals surface area (Å²) in [6.07, 6.45) is 0. The van der Waals surface area contributed by atoms with Gasteiger partial charge in [-0.1, -0.05) is 41.6 Å². The number of nitrogens with zero attached hydrogens (tertiary/aromatic N) is 6. The minimum atomic E-state index is -0.0429. The van der Waals surface area contributed by atoms with Gasteiger partial charge in [-0.15, -0.1) is 10.2 Å². The van der Waals surface area contributed by atoms with Gasteiger partial charge in [0.25, 0.3) is 0 Å². The smallest absolute Gasteiger partial charge is 0.319 e. The number of urea groups is 1. The van der Waals surface area contributed by atoms with Crippen molar-refractivity contribution in [3.63, 3.8) is 0 Å². The van der Waals surface area contributed by atoms with E-state index in [-0.39, 0.29) is 23.7 Å². The van der Waals surface area contributed by atoms with Crippen molar-refractivity contribution in [3.8, 4) is 22.8 Å². The Labute approximate surface area is 216 Å². The molecular formula is C26H32N6O3S. The predicted octanol–water partition coefficient (Wildman–Crippen LogP) is 3.56. The number of carbonyl (C=O) groups excluding carboxylic acids is 2. The number of ether oxygens (including phenoxy) is 1. The van der Waals surface area contributed by atoms with E-state index in [2.05, 4.69) is 10.2 Å². The Balaban J connectivity index is 1.52. The maximum absolute atomic E-state index is 13.1. The standard InChI is InChI=1S/C26H32N6O3S/c1-18-6-8-20(9-7-18)24-27-28-25(32(24)21-10-12-22(35-5)13-11-21)36-17-23(33)30-14-15-31(19(2)16-30)26(34)29(3)4/h6-13,19H,14-17H2,1-5H3. The molecule has 2 heterocycles. The Kier molecular flexibility index (Phi) is 7.83. The molecule has 1 fully saturated rings. The van der Waals surface area contributed by atoms with Crippen LogP contribution in [0.25, 0.3) is 17.1 Å². The zero-order valence-corrected chi connectivity index (χ0v) is 22.2. The van der Waals surface area contributed by atoms with E-state index in [0.29, 0.717) is 30.6 Å². The summed E-state index contributed by atoms with van der Waals surface area (Å²) in [6.45, 7) is 5.57. The molecule has 2 aromatic carbocycles. The number of carbonyl (C=O) groups is 2. The van der Waals surface area contributed by atoms with E-state index in [9.17, 15) is 9.59 Å². The fourth-order valence-corrected chi connectivity index (χ4v) is 5.01. The molecule has 36 heavy (non-hydrogen) atoms. The average molecular weight is 509 g/mol. The van der Waals surface area contributed by atoms with E-state index in [4.69, 9.17) is 4.74 Å². The van der Waals surface area contributed by atoms with Gasteiger partial charge in [-0.05, 0) is 38.1 Å². The summed E-state index contributed by atoms with van der Waals surface area (Å²) >= 11 is 1.36. The SMILES string of the molecule is COc1ccc(-n2c(SCC(=O)N3CCN(C(=O)N(C)C)C(C)C3)nnc2-c2ccc(C)cc2)cc1. The van der Waals surface area contributed by atoms with Gasteiger partial charge in [-0.2, -0.15) is 0 Å². The first-order valence-electron chi connectivity index (χ1n) is 11.8. The molecule has 3 aromatic rings. The van der Waals surface area contributed by atoms with E-state index in [1.54, 1.807) is 26.1 Å². The van der Waals surface area contributed by atoms with Crippen LogP contribution in [-0.4, -0.2) is 94.0 Å². The summed E-state index contributed by atoms with van der Waals surface area (Å²) in [4.78, 5) is 30.7. The minimum Gasteiger partial charge on any atom is -0.497 e. The number of hydrogen-bond acceptors (Lipinski definition) is 6. The molecule has 190 valence electrons. The lowest BCUT2D eigenvalue weighted by Crippen LogP contribution is -2.57. The highest BCUT2D eigenvalue weighted by atomic mass is 32.2. The molecule has 1 unspecified atom stereocenters. The molecule has 4 rings (SSSR count). The second-order valence-corrected chi connectivity index (χ2v) is 10.00. The third-order valence-electron chi connectivity index (χ3n) is 6.21. The Hall–Kier alpha value is -3.53. The lowest BCUT2D eigenvalue weighted by atomic mass is 10.1. The molecule has 1 aromatic heterocycles. The van der Waals surface area contributed by atoms with Crippen molar-refractivity contribution in [1.29, 1.82) is 0 Å². The zero-order valence-electron chi connectivity index (χ0n) is 21.3. The Morgan fingerprint density at radius 1 is 1.06 bits per heavy atom. The maximum atomic E-state index is 13.1. The molecule has 9 nitrogen and oxygen atoms in total. The lowest BCUT2D eigenvalue weighted by molar-refractivity contribution is -0.130. The third-order valence-corrected chi connectivity index (χ3v) is 7.12. The Morgan fingerprint density at radius 2 is 1.75 bits per heavy atom. The molecule has 0 saturated carbocycles. The summed E-state index contributed by atoms with van der Waals surface area (Å²) in [5, 5.41) is 9.54. The van der Waals surface area contributed by atoms with Crippen LogP contribution in [0.2, 0.25) is 0 Å². The van der Waals surface area contributed by atoms with Crippen LogP contribution < -0.4 is 4.74 Å². The van der Waals surface area contributed by atoms with Crippen LogP contribution in [-0.2, 0) is 4.79 Å². The summed E-state index contributed by atoms with van der Waals surface area (Å²) in [7, 11) is 5.12. The molecule has 1 aliphatic rings. The Bertz CT molecular complexity index is 1210. The van der Waals surface area contributed by atoms with Crippen LogP contribution in [0.1, 0.15) is 12.5 Å². The van der Waals surface area contributed by atoms with Crippen molar-refractivity contribution in [3.05, 3.63) is 54.1 Å². The van der Waals surface area contributed by atoms with E-state index >= 15 is 0 Å². The number of thioether (sulfide) groups is 1. The first-order valence-corrected chi connectivity index (χ1v) is 12.8. The Morgan fingerprint density at radius 3 is 2.36 bits per heavy atom. The van der Waals surface area contributed by atoms with Crippen molar-refractivity contribution < 1.29 is 14.3 Å². The van der Waals surface area contributed by atoms with E-state index in [1.165, 1.54) is 11.8 Å². The van der Waals surface area contributed by atoms with Crippen molar-refractivity contribution in [2.75, 3.05) is 46.6 Å². The summed E-state index contributed by atoms with van der Waals surface area (Å²) in [6, 6.07) is 15.8. The number of aryl methyl sites for hydroxylation is 1. The van der Waals surface area contributed by atoms with Crippen LogP contribution in [0, 0.1) is 6.92 Å². The van der Waals surface area contributed by atoms with Gasteiger partial charge in [0.1, 0.15) is 5.75 Å². The quantitative estimate of drug-likeness (QED) is 0.474. The van der Waals surface area contributed by atoms with Crippen molar-refractivity contribution in [2.24, 2.45) is 0 Å². The lowest BCUT2D eigenvalue weighted by Gasteiger charge is -2.40. The van der Waals surface area contributed by atoms with Crippen molar-refractivity contribution in [2.45, 2.75) is 25.0 Å². The van der Waals surface area contributed by atoms with Gasteiger partial charge in [0, 0.05) is 51.0 Å². The minimum absolute atomic E-state index is 0.0185. The number of rotatable bonds is 6. The number of methoxy groups -OCH3 is 1. The molecule has 1 aliphatic heterocycles. The third kappa shape index (κ3) is 5.48. The van der Waals surface area contributed by atoms with Crippen LogP contribution in [0.15, 0.2) is 53.7 Å². The summed E-state index contributed by atoms with van der Waals surface area (Å²) in [5.74, 6) is 1.72. The van der Waals surface area contributed by atoms with E-state index in [0.717, 1.165) is 22.6 Å². The van der Waals surface area contributed by atoms with Crippen LogP contribution in [0.3, 0.4) is 0 Å². The highest BCUT2D eigenvalue weighted by Crippen LogP contribution is 2.29. The fraction of sp³-hybridized carbons (Fsp3) is 0.385. The second kappa shape index (κ2) is 11.0. The molecule has 0 N–H and O–H groups in total. The molecule has 0 bridgehead atoms. The first kappa shape index (κ1) is 25.6. The predicted molar refractivity (Wildman–Crippen MR) is 141 cm³/mol. The van der Waals surface area contributed by atoms with Gasteiger partial charge in [0.05, 0.1) is 12.9 Å². The fourth-order valence-electron chi connectivity index (χ4n) is 4.16. The zero-order chi connectivity index (χ0) is 25.8. The summed E-state index contributed by atoms with van der Waals surface area (Å²) in [5.41, 5.74) is 2.99. The second-order valence-electron chi connectivity index (χ2n) is 9.05. The molecule has 0 aliphatic carbocycles. The number of hydrogen-bond donors (Lipinski definition) is 0. The van der Waals surface area contributed by atoms with Gasteiger partial charge >= 0.3 is 6.03 Å². The van der Waals surface area contributed by atoms with E-state index < -0.39 is 0 Å². The maximum Gasteiger partial charge on any atom is 0.319 e. The molecule has 1 saturated heterocycles. The first-order chi connectivity index (χ1) is 17.3. The van der Waals surface area contributed by atoms with Gasteiger partial charge < -0.3 is 19.4 Å². The highest BCUT2D eigenvalue weighted by molar-refractivity contribution is 7.99. The van der Waals surface area contributed by atoms with Crippen molar-refractivity contribution in [1.82, 2.24) is 29.5 Å². The van der Waals surface area contributed by atoms with Gasteiger partial charge in [0.2, 0.25) is 5.91 Å². The molecular weight excluding hydrogens is 476 g/mol. The number of amides is 3. The van der Waals surface area contributed by atoms with Crippen LogP contribution in [0.4, 0.5) is 4.79 Å². The van der Waals surface area contributed by atoms with Gasteiger partial charge in [-0.3, -0.25) is 9.36 Å². The molecule has 1 atom stereocenters. The van der Waals surface area contributed by atoms with Crippen molar-refractivity contribution >= 4 is 23.7 Å². The molecule has 0 spiro atoms. The normalized spacial score (nSPS) is 15.6. The average Bonchev–Trinajstić information content (AvgIpc) is 3.31. The topological polar surface area (TPSA) is 83.8 Å². The molecule has 0 radical (unpaired) electrons. The number of aromatic nitrogens is 3. The number of piperazine rings is 1. The monoisotopic (exact) mass is 508 g/mol. The summed E-state index contributed by atoms with van der Waals surface area (Å²) < 4.78 is 7.28. The van der Waals surface area contributed by atoms with E-state index in [1.807, 2.05) is 76.7 Å². The van der Waals surface area contributed by atoms with Crippen LogP contribution in [0.5, 0.6) is 5.75 Å². The van der Waals surface area contributed by atoms with Gasteiger partial charge in [0.15, 0.2) is 11.0 Å². The highest BCUT2D eigenvalue weighted by Gasteiger charge is 2.30. The molecule has 10 heteroatoms. The molecule has 3 amide bonds. The van der Waals surface area contributed by atoms with Crippen LogP contribution >= 0.6 is 11.8 Å². The van der Waals surface area contributed by atoms with Gasteiger partial charge in [-0.25, -0.2) is 4.79 Å².